The quantitative estimate of drug-likeness (QED) is 0.133. The Labute approximate surface area is 287 Å². The summed E-state index contributed by atoms with van der Waals surface area (Å²) in [6.45, 7) is 8.97. The number of nitrogens with one attached hydrogen (secondary N) is 2. The van der Waals surface area contributed by atoms with E-state index in [9.17, 15) is 29.0 Å². The third-order valence-electron chi connectivity index (χ3n) is 7.88. The lowest BCUT2D eigenvalue weighted by Gasteiger charge is -2.40. The molecule has 11 nitrogen and oxygen atoms in total. The standard InChI is InChI=1S/C35H49F2N5O6Si/c1-35(2,47)32(30-19-25(27-20-26(36)11-12-28(27)37)22-41(30)21-24-9-7-6-8-10-24)42(31(44)23-43)16-13-29(33(45)39-15-14-38)40-34(46)48-17-18-49(3,4)5/h6-12,19-20,22,29,32,43,47H,13-18,21,23,38H2,1-5H3,(H,39,45)(H,40,46)/t29-,32-/m0/s1. The second-order valence-electron chi connectivity index (χ2n) is 13.7. The molecule has 0 unspecified atom stereocenters. The molecule has 3 aromatic rings. The number of nitrogens with zero attached hydrogens (tertiary/aromatic N) is 2. The average molecular weight is 702 g/mol. The molecule has 3 rings (SSSR count). The molecule has 0 fully saturated rings. The molecule has 0 aliphatic heterocycles. The molecule has 49 heavy (non-hydrogen) atoms. The number of hydrogen-bond donors (Lipinski definition) is 5. The molecule has 0 aliphatic rings. The van der Waals surface area contributed by atoms with Crippen molar-refractivity contribution < 1.29 is 38.1 Å². The maximum Gasteiger partial charge on any atom is 0.407 e. The Morgan fingerprint density at radius 3 is 2.39 bits per heavy atom. The predicted molar refractivity (Wildman–Crippen MR) is 186 cm³/mol. The van der Waals surface area contributed by atoms with E-state index in [1.54, 1.807) is 16.8 Å². The Kier molecular flexibility index (Phi) is 14.1. The minimum absolute atomic E-state index is 0.0175. The Bertz CT molecular complexity index is 1560. The van der Waals surface area contributed by atoms with Crippen LogP contribution < -0.4 is 16.4 Å². The summed E-state index contributed by atoms with van der Waals surface area (Å²) >= 11 is 0. The first-order valence-electron chi connectivity index (χ1n) is 16.3. The van der Waals surface area contributed by atoms with Crippen LogP contribution in [0.4, 0.5) is 13.6 Å². The molecule has 14 heteroatoms. The fourth-order valence-corrected chi connectivity index (χ4v) is 6.14. The monoisotopic (exact) mass is 701 g/mol. The number of aliphatic hydroxyl groups is 2. The Morgan fingerprint density at radius 2 is 1.78 bits per heavy atom. The molecule has 1 aromatic heterocycles. The van der Waals surface area contributed by atoms with Crippen molar-refractivity contribution in [1.29, 1.82) is 0 Å². The SMILES string of the molecule is CC(C)(O)[C@H](c1cc(-c2cc(F)ccc2F)cn1Cc1ccccc1)N(CC[C@H](NC(=O)OCC[Si](C)(C)C)C(=O)NCCN)C(=O)CO. The van der Waals surface area contributed by atoms with E-state index in [-0.39, 0.29) is 44.8 Å². The summed E-state index contributed by atoms with van der Waals surface area (Å²) in [6.07, 6.45) is 0.688. The number of carbonyl (C=O) groups excluding carboxylic acids is 3. The van der Waals surface area contributed by atoms with Crippen molar-refractivity contribution in [2.24, 2.45) is 5.73 Å². The summed E-state index contributed by atoms with van der Waals surface area (Å²) in [5.74, 6) is -2.63. The highest BCUT2D eigenvalue weighted by atomic mass is 28.3. The van der Waals surface area contributed by atoms with Crippen LogP contribution >= 0.6 is 0 Å². The normalized spacial score (nSPS) is 13.0. The maximum absolute atomic E-state index is 15.0. The zero-order valence-electron chi connectivity index (χ0n) is 28.8. The van der Waals surface area contributed by atoms with Crippen LogP contribution in [0.3, 0.4) is 0 Å². The predicted octanol–water partition coefficient (Wildman–Crippen LogP) is 4.01. The van der Waals surface area contributed by atoms with Gasteiger partial charge < -0.3 is 40.8 Å². The van der Waals surface area contributed by atoms with Gasteiger partial charge in [0.05, 0.1) is 12.2 Å². The van der Waals surface area contributed by atoms with Gasteiger partial charge in [0.15, 0.2) is 0 Å². The molecule has 3 amide bonds. The van der Waals surface area contributed by atoms with Gasteiger partial charge in [0, 0.05) is 57.3 Å². The lowest BCUT2D eigenvalue weighted by atomic mass is 9.92. The molecule has 6 N–H and O–H groups in total. The van der Waals surface area contributed by atoms with Crippen LogP contribution in [0.15, 0.2) is 60.8 Å². The summed E-state index contributed by atoms with van der Waals surface area (Å²) in [5.41, 5.74) is 5.41. The van der Waals surface area contributed by atoms with Crippen molar-refractivity contribution >= 4 is 26.0 Å². The Hall–Kier alpha value is -4.11. The number of aliphatic hydroxyl groups excluding tert-OH is 1. The molecular formula is C35H49F2N5O6Si. The van der Waals surface area contributed by atoms with E-state index in [2.05, 4.69) is 30.3 Å². The third kappa shape index (κ3) is 11.8. The van der Waals surface area contributed by atoms with E-state index in [1.807, 2.05) is 30.3 Å². The number of carbonyl (C=O) groups is 3. The Balaban J connectivity index is 2.05. The van der Waals surface area contributed by atoms with E-state index >= 15 is 4.39 Å². The largest absolute Gasteiger partial charge is 0.450 e. The molecule has 268 valence electrons. The molecule has 0 saturated heterocycles. The summed E-state index contributed by atoms with van der Waals surface area (Å²) in [7, 11) is -1.50. The fraction of sp³-hybridized carbons (Fsp3) is 0.457. The van der Waals surface area contributed by atoms with E-state index in [4.69, 9.17) is 10.5 Å². The number of aromatic nitrogens is 1. The second-order valence-corrected chi connectivity index (χ2v) is 19.3. The Morgan fingerprint density at radius 1 is 1.08 bits per heavy atom. The number of rotatable bonds is 17. The van der Waals surface area contributed by atoms with Crippen LogP contribution in [0.25, 0.3) is 11.1 Å². The number of nitrogens with two attached hydrogens (primary N) is 1. The number of alkyl carbamates (subject to hydrolysis) is 1. The van der Waals surface area contributed by atoms with Crippen molar-refractivity contribution in [3.8, 4) is 11.1 Å². The first kappa shape index (κ1) is 39.3. The van der Waals surface area contributed by atoms with E-state index in [0.717, 1.165) is 29.8 Å². The van der Waals surface area contributed by atoms with Crippen molar-refractivity contribution in [1.82, 2.24) is 20.1 Å². The molecule has 0 bridgehead atoms. The van der Waals surface area contributed by atoms with Crippen LogP contribution in [-0.4, -0.2) is 90.2 Å². The van der Waals surface area contributed by atoms with Gasteiger partial charge in [-0.3, -0.25) is 9.59 Å². The summed E-state index contributed by atoms with van der Waals surface area (Å²) in [5, 5.41) is 26.9. The van der Waals surface area contributed by atoms with Gasteiger partial charge in [-0.2, -0.15) is 0 Å². The minimum atomic E-state index is -1.66. The van der Waals surface area contributed by atoms with Gasteiger partial charge in [-0.05, 0) is 56.1 Å². The van der Waals surface area contributed by atoms with Gasteiger partial charge in [0.1, 0.15) is 30.3 Å². The smallest absolute Gasteiger partial charge is 0.407 e. The first-order valence-corrected chi connectivity index (χ1v) is 20.0. The van der Waals surface area contributed by atoms with E-state index < -0.39 is 61.9 Å². The van der Waals surface area contributed by atoms with Crippen molar-refractivity contribution in [2.75, 3.05) is 32.8 Å². The first-order chi connectivity index (χ1) is 23.0. The summed E-state index contributed by atoms with van der Waals surface area (Å²) < 4.78 is 36.4. The summed E-state index contributed by atoms with van der Waals surface area (Å²) in [6, 6.07) is 12.4. The highest BCUT2D eigenvalue weighted by molar-refractivity contribution is 6.76. The number of hydrogen-bond acceptors (Lipinski definition) is 7. The fourth-order valence-electron chi connectivity index (χ4n) is 5.42. The molecular weight excluding hydrogens is 652 g/mol. The average Bonchev–Trinajstić information content (AvgIpc) is 3.43. The number of benzene rings is 2. The van der Waals surface area contributed by atoms with Gasteiger partial charge in [-0.25, -0.2) is 13.6 Å². The van der Waals surface area contributed by atoms with Crippen LogP contribution in [0, 0.1) is 11.6 Å². The van der Waals surface area contributed by atoms with Gasteiger partial charge in [0.2, 0.25) is 11.8 Å². The minimum Gasteiger partial charge on any atom is -0.450 e. The van der Waals surface area contributed by atoms with E-state index in [0.29, 0.717) is 11.3 Å². The summed E-state index contributed by atoms with van der Waals surface area (Å²) in [4.78, 5) is 40.5. The molecule has 0 radical (unpaired) electrons. The molecule has 2 aromatic carbocycles. The number of amides is 3. The second kappa shape index (κ2) is 17.5. The van der Waals surface area contributed by atoms with Gasteiger partial charge >= 0.3 is 6.09 Å². The van der Waals surface area contributed by atoms with Crippen molar-refractivity contribution in [3.05, 3.63) is 83.7 Å². The van der Waals surface area contributed by atoms with Crippen LogP contribution in [0.5, 0.6) is 0 Å². The van der Waals surface area contributed by atoms with Crippen LogP contribution in [-0.2, 0) is 20.9 Å². The van der Waals surface area contributed by atoms with Crippen LogP contribution in [0.1, 0.15) is 37.6 Å². The van der Waals surface area contributed by atoms with Gasteiger partial charge in [-0.1, -0.05) is 50.0 Å². The zero-order valence-corrected chi connectivity index (χ0v) is 29.8. The number of ether oxygens (including phenoxy) is 1. The molecule has 0 aliphatic carbocycles. The molecule has 0 saturated carbocycles. The lowest BCUT2D eigenvalue weighted by molar-refractivity contribution is -0.143. The molecule has 2 atom stereocenters. The third-order valence-corrected chi connectivity index (χ3v) is 9.58. The van der Waals surface area contributed by atoms with Crippen molar-refractivity contribution in [2.45, 2.75) is 70.2 Å². The highest BCUT2D eigenvalue weighted by Crippen LogP contribution is 2.37. The van der Waals surface area contributed by atoms with Gasteiger partial charge in [0.25, 0.3) is 0 Å². The number of halogens is 2. The topological polar surface area (TPSA) is 159 Å². The zero-order chi connectivity index (χ0) is 36.4. The molecule has 0 spiro atoms. The van der Waals surface area contributed by atoms with E-state index in [1.165, 1.54) is 18.7 Å². The van der Waals surface area contributed by atoms with Crippen molar-refractivity contribution in [3.63, 3.8) is 0 Å². The maximum atomic E-state index is 15.0. The van der Waals surface area contributed by atoms with Gasteiger partial charge in [-0.15, -0.1) is 0 Å². The van der Waals surface area contributed by atoms with Crippen LogP contribution in [0.2, 0.25) is 25.7 Å². The molecule has 1 heterocycles. The highest BCUT2D eigenvalue weighted by Gasteiger charge is 2.39. The lowest BCUT2D eigenvalue weighted by Crippen LogP contribution is -2.52.